The van der Waals surface area contributed by atoms with Gasteiger partial charge in [0.1, 0.15) is 11.2 Å². The van der Waals surface area contributed by atoms with E-state index in [1.165, 1.54) is 61.2 Å². The number of benzene rings is 8. The Bertz CT molecular complexity index is 3040. The highest BCUT2D eigenvalue weighted by Gasteiger charge is 2.46. The fourth-order valence-corrected chi connectivity index (χ4v) is 10.5. The number of rotatable bonds is 5. The molecular formula is C56H45NO. The van der Waals surface area contributed by atoms with E-state index in [1.54, 1.807) is 0 Å². The Kier molecular flexibility index (Phi) is 7.41. The smallest absolute Gasteiger partial charge is 0.139 e. The van der Waals surface area contributed by atoms with Crippen molar-refractivity contribution in [2.45, 2.75) is 50.9 Å². The van der Waals surface area contributed by atoms with Gasteiger partial charge in [0.05, 0.1) is 16.5 Å². The molecule has 2 nitrogen and oxygen atoms in total. The summed E-state index contributed by atoms with van der Waals surface area (Å²) < 4.78 is 6.85. The summed E-state index contributed by atoms with van der Waals surface area (Å²) in [4.78, 5) is 2.48. The van der Waals surface area contributed by atoms with Crippen molar-refractivity contribution in [3.8, 4) is 22.3 Å². The van der Waals surface area contributed by atoms with Crippen LogP contribution in [0.1, 0.15) is 73.6 Å². The van der Waals surface area contributed by atoms with Crippen LogP contribution in [0.5, 0.6) is 0 Å². The molecule has 0 radical (unpaired) electrons. The van der Waals surface area contributed by atoms with E-state index in [4.69, 9.17) is 4.42 Å². The molecule has 0 saturated carbocycles. The van der Waals surface area contributed by atoms with Crippen LogP contribution in [0.3, 0.4) is 0 Å². The summed E-state index contributed by atoms with van der Waals surface area (Å²) in [6.07, 6.45) is 0. The van der Waals surface area contributed by atoms with Gasteiger partial charge in [-0.2, -0.15) is 0 Å². The average Bonchev–Trinajstić information content (AvgIpc) is 3.86. The third-order valence-corrected chi connectivity index (χ3v) is 13.1. The van der Waals surface area contributed by atoms with Crippen molar-refractivity contribution in [1.29, 1.82) is 0 Å². The van der Waals surface area contributed by atoms with E-state index >= 15 is 0 Å². The molecule has 8 aromatic carbocycles. The predicted octanol–water partition coefficient (Wildman–Crippen LogP) is 15.0. The first-order valence-electron chi connectivity index (χ1n) is 20.5. The Hall–Kier alpha value is -6.64. The fraction of sp³-hybridized carbons (Fsp3) is 0.143. The molecule has 0 saturated heterocycles. The molecular weight excluding hydrogens is 703 g/mol. The molecule has 0 atom stereocenters. The van der Waals surface area contributed by atoms with Gasteiger partial charge in [-0.25, -0.2) is 0 Å². The number of fused-ring (bicyclic) bond motifs is 9. The Morgan fingerprint density at radius 3 is 1.74 bits per heavy atom. The van der Waals surface area contributed by atoms with Crippen LogP contribution in [0, 0.1) is 0 Å². The molecule has 0 N–H and O–H groups in total. The topological polar surface area (TPSA) is 16.4 Å². The number of anilines is 3. The highest BCUT2D eigenvalue weighted by molar-refractivity contribution is 6.14. The highest BCUT2D eigenvalue weighted by Crippen LogP contribution is 2.57. The van der Waals surface area contributed by atoms with Crippen molar-refractivity contribution in [3.63, 3.8) is 0 Å². The summed E-state index contributed by atoms with van der Waals surface area (Å²) in [6, 6.07) is 67.5. The zero-order chi connectivity index (χ0) is 39.4. The SMILES string of the molecule is CC(C)(C)c1cccc2c1oc1cccc(N(c3cccc(C4(c5ccccc5)c5ccccc5-c5ccccc54)c3)c3ccc4c(c3)C(C)(C)c3ccccc3-4)c12. The van der Waals surface area contributed by atoms with Crippen LogP contribution in [0.2, 0.25) is 0 Å². The first-order chi connectivity index (χ1) is 28.2. The highest BCUT2D eigenvalue weighted by atomic mass is 16.3. The molecule has 0 bridgehead atoms. The second-order valence-electron chi connectivity index (χ2n) is 17.7. The molecule has 1 aromatic heterocycles. The van der Waals surface area contributed by atoms with Gasteiger partial charge in [-0.3, -0.25) is 0 Å². The van der Waals surface area contributed by atoms with Crippen molar-refractivity contribution < 1.29 is 4.42 Å². The minimum absolute atomic E-state index is 0.0816. The lowest BCUT2D eigenvalue weighted by atomic mass is 9.67. The van der Waals surface area contributed by atoms with Gasteiger partial charge in [0.15, 0.2) is 0 Å². The van der Waals surface area contributed by atoms with Crippen LogP contribution in [-0.2, 0) is 16.2 Å². The molecule has 11 rings (SSSR count). The lowest BCUT2D eigenvalue weighted by Gasteiger charge is -2.35. The van der Waals surface area contributed by atoms with Crippen molar-refractivity contribution in [1.82, 2.24) is 0 Å². The molecule has 2 aliphatic carbocycles. The normalized spacial score (nSPS) is 14.6. The number of hydrogen-bond donors (Lipinski definition) is 0. The Morgan fingerprint density at radius 2 is 1.03 bits per heavy atom. The average molecular weight is 748 g/mol. The maximum atomic E-state index is 6.85. The molecule has 0 fully saturated rings. The molecule has 0 unspecified atom stereocenters. The molecule has 1 heterocycles. The Balaban J connectivity index is 1.21. The molecule has 9 aromatic rings. The minimum Gasteiger partial charge on any atom is -0.456 e. The fourth-order valence-electron chi connectivity index (χ4n) is 10.5. The van der Waals surface area contributed by atoms with Gasteiger partial charge in [-0.15, -0.1) is 0 Å². The molecule has 0 spiro atoms. The number of hydrogen-bond acceptors (Lipinski definition) is 2. The monoisotopic (exact) mass is 747 g/mol. The van der Waals surface area contributed by atoms with Gasteiger partial charge in [0, 0.05) is 27.7 Å². The van der Waals surface area contributed by atoms with Crippen LogP contribution in [-0.4, -0.2) is 0 Å². The summed E-state index contributed by atoms with van der Waals surface area (Å²) in [5, 5.41) is 2.25. The first-order valence-corrected chi connectivity index (χ1v) is 20.5. The maximum absolute atomic E-state index is 6.85. The largest absolute Gasteiger partial charge is 0.456 e. The van der Waals surface area contributed by atoms with Gasteiger partial charge in [-0.05, 0) is 97.4 Å². The minimum atomic E-state index is -0.520. The third-order valence-electron chi connectivity index (χ3n) is 13.1. The second kappa shape index (κ2) is 12.4. The van der Waals surface area contributed by atoms with Crippen LogP contribution in [0.25, 0.3) is 44.2 Å². The zero-order valence-corrected chi connectivity index (χ0v) is 33.7. The van der Waals surface area contributed by atoms with Crippen LogP contribution in [0.4, 0.5) is 17.1 Å². The number of furan rings is 1. The van der Waals surface area contributed by atoms with E-state index in [1.807, 2.05) is 0 Å². The van der Waals surface area contributed by atoms with Crippen molar-refractivity contribution in [2.24, 2.45) is 0 Å². The summed E-state index contributed by atoms with van der Waals surface area (Å²) in [5.74, 6) is 0. The van der Waals surface area contributed by atoms with Crippen molar-refractivity contribution in [3.05, 3.63) is 221 Å². The molecule has 280 valence electrons. The van der Waals surface area contributed by atoms with Gasteiger partial charge in [0.25, 0.3) is 0 Å². The summed E-state index contributed by atoms with van der Waals surface area (Å²) >= 11 is 0. The van der Waals surface area contributed by atoms with Gasteiger partial charge in [-0.1, -0.05) is 180 Å². The van der Waals surface area contributed by atoms with Crippen molar-refractivity contribution >= 4 is 39.0 Å². The van der Waals surface area contributed by atoms with Gasteiger partial charge in [0.2, 0.25) is 0 Å². The molecule has 58 heavy (non-hydrogen) atoms. The van der Waals surface area contributed by atoms with E-state index in [0.29, 0.717) is 0 Å². The van der Waals surface area contributed by atoms with Crippen LogP contribution < -0.4 is 4.90 Å². The molecule has 0 aliphatic heterocycles. The maximum Gasteiger partial charge on any atom is 0.139 e. The molecule has 2 aliphatic rings. The first kappa shape index (κ1) is 34.6. The predicted molar refractivity (Wildman–Crippen MR) is 242 cm³/mol. The lowest BCUT2D eigenvalue weighted by Crippen LogP contribution is -2.28. The van der Waals surface area contributed by atoms with E-state index in [9.17, 15) is 0 Å². The molecule has 2 heteroatoms. The van der Waals surface area contributed by atoms with E-state index in [0.717, 1.165) is 39.0 Å². The lowest BCUT2D eigenvalue weighted by molar-refractivity contribution is 0.573. The van der Waals surface area contributed by atoms with E-state index < -0.39 is 5.41 Å². The van der Waals surface area contributed by atoms with E-state index in [-0.39, 0.29) is 10.8 Å². The summed E-state index contributed by atoms with van der Waals surface area (Å²) in [7, 11) is 0. The van der Waals surface area contributed by atoms with Gasteiger partial charge >= 0.3 is 0 Å². The standard InChI is InChI=1S/C56H45NO/c1-54(2,3)48-29-16-25-44-52-50(30-17-31-51(52)58-53(44)48)57(39-32-33-43-40-22-9-12-26-45(40)55(4,5)49(43)35-39)38-21-15-20-37(34-38)56(36-18-7-6-8-19-36)46-27-13-10-23-41(46)42-24-11-14-28-47(42)56/h6-35H,1-5H3. The van der Waals surface area contributed by atoms with Crippen LogP contribution >= 0.6 is 0 Å². The second-order valence-corrected chi connectivity index (χ2v) is 17.7. The Morgan fingerprint density at radius 1 is 0.466 bits per heavy atom. The van der Waals surface area contributed by atoms with E-state index in [2.05, 4.69) is 222 Å². The number of nitrogens with zero attached hydrogens (tertiary/aromatic N) is 1. The number of para-hydroxylation sites is 1. The third kappa shape index (κ3) is 4.78. The summed E-state index contributed by atoms with van der Waals surface area (Å²) in [6.45, 7) is 11.5. The quantitative estimate of drug-likeness (QED) is 0.174. The summed E-state index contributed by atoms with van der Waals surface area (Å²) in [5.41, 5.74) is 18.6. The Labute approximate surface area is 341 Å². The van der Waals surface area contributed by atoms with Crippen LogP contribution in [0.15, 0.2) is 186 Å². The van der Waals surface area contributed by atoms with Gasteiger partial charge < -0.3 is 9.32 Å². The zero-order valence-electron chi connectivity index (χ0n) is 33.7. The molecule has 0 amide bonds. The van der Waals surface area contributed by atoms with Crippen molar-refractivity contribution in [2.75, 3.05) is 4.90 Å².